The number of rotatable bonds is 3. The minimum atomic E-state index is -0.00221. The van der Waals surface area contributed by atoms with Crippen LogP contribution in [0.2, 0.25) is 0 Å². The van der Waals surface area contributed by atoms with Gasteiger partial charge in [-0.3, -0.25) is 9.59 Å². The first kappa shape index (κ1) is 21.5. The van der Waals surface area contributed by atoms with Crippen LogP contribution < -0.4 is 10.6 Å². The number of thioether (sulfide) groups is 1. The number of fused-ring (bicyclic) bond motifs is 1. The molecular weight excluding hydrogens is 392 g/mol. The van der Waals surface area contributed by atoms with Crippen molar-refractivity contribution in [1.82, 2.24) is 10.6 Å². The zero-order valence-electron chi connectivity index (χ0n) is 18.3. The van der Waals surface area contributed by atoms with Gasteiger partial charge in [0.2, 0.25) is 5.91 Å². The first-order valence-corrected chi connectivity index (χ1v) is 12.3. The highest BCUT2D eigenvalue weighted by molar-refractivity contribution is 8.04. The molecule has 6 unspecified atom stereocenters. The van der Waals surface area contributed by atoms with Crippen LogP contribution in [0.5, 0.6) is 0 Å². The van der Waals surface area contributed by atoms with Gasteiger partial charge in [0.15, 0.2) is 0 Å². The van der Waals surface area contributed by atoms with Crippen molar-refractivity contribution in [3.63, 3.8) is 0 Å². The van der Waals surface area contributed by atoms with Gasteiger partial charge in [0, 0.05) is 23.3 Å². The quantitative estimate of drug-likeness (QED) is 0.690. The van der Waals surface area contributed by atoms with Crippen LogP contribution in [0.4, 0.5) is 0 Å². The maximum Gasteiger partial charge on any atom is 0.257 e. The lowest BCUT2D eigenvalue weighted by molar-refractivity contribution is -0.128. The molecule has 6 atom stereocenters. The number of carbonyl (C=O) groups is 2. The van der Waals surface area contributed by atoms with Crippen molar-refractivity contribution in [3.8, 4) is 0 Å². The molecule has 2 aliphatic carbocycles. The maximum absolute atomic E-state index is 13.0. The first-order valence-electron chi connectivity index (χ1n) is 11.5. The van der Waals surface area contributed by atoms with Crippen LogP contribution in [0.3, 0.4) is 0 Å². The lowest BCUT2D eigenvalue weighted by Crippen LogP contribution is -2.53. The van der Waals surface area contributed by atoms with Gasteiger partial charge < -0.3 is 10.6 Å². The summed E-state index contributed by atoms with van der Waals surface area (Å²) >= 11 is 1.69. The molecule has 1 aliphatic heterocycles. The number of amides is 2. The molecule has 0 aromatic heterocycles. The Hall–Kier alpha value is -1.75. The average Bonchev–Trinajstić information content (AvgIpc) is 2.73. The van der Waals surface area contributed by atoms with Crippen molar-refractivity contribution < 1.29 is 9.59 Å². The summed E-state index contributed by atoms with van der Waals surface area (Å²) in [5.41, 5.74) is 2.27. The molecule has 4 nitrogen and oxygen atoms in total. The minimum absolute atomic E-state index is 0.00221. The summed E-state index contributed by atoms with van der Waals surface area (Å²) in [6.07, 6.45) is 8.18. The van der Waals surface area contributed by atoms with E-state index in [1.54, 1.807) is 11.8 Å². The van der Waals surface area contributed by atoms with Gasteiger partial charge in [-0.15, -0.1) is 11.8 Å². The standard InChI is InChI=1S/C25H34N2O2S/c1-15-7-9-18(10-8-15)13-23-25(29)27-21-14-19(11-12-22(21)30-23)24(28)26-20-6-4-5-16(2)17(20)3/h7-10,13,16-17,19-22H,4-6,11-12,14H2,1-3H3,(H,26,28)(H,27,29)/b23-13+. The van der Waals surface area contributed by atoms with E-state index in [9.17, 15) is 9.59 Å². The van der Waals surface area contributed by atoms with E-state index in [0.717, 1.165) is 36.2 Å². The van der Waals surface area contributed by atoms with Crippen LogP contribution in [0, 0.1) is 24.7 Å². The molecule has 2 N–H and O–H groups in total. The topological polar surface area (TPSA) is 58.2 Å². The van der Waals surface area contributed by atoms with Crippen LogP contribution in [0.1, 0.15) is 63.5 Å². The van der Waals surface area contributed by atoms with Gasteiger partial charge in [-0.05, 0) is 56.1 Å². The molecule has 1 aromatic rings. The summed E-state index contributed by atoms with van der Waals surface area (Å²) in [5.74, 6) is 1.42. The Kier molecular flexibility index (Phi) is 6.57. The Balaban J connectivity index is 1.36. The van der Waals surface area contributed by atoms with Crippen molar-refractivity contribution in [3.05, 3.63) is 40.3 Å². The van der Waals surface area contributed by atoms with E-state index in [2.05, 4.69) is 55.7 Å². The molecule has 30 heavy (non-hydrogen) atoms. The second-order valence-electron chi connectivity index (χ2n) is 9.55. The monoisotopic (exact) mass is 426 g/mol. The zero-order chi connectivity index (χ0) is 21.3. The molecule has 1 aromatic carbocycles. The predicted molar refractivity (Wildman–Crippen MR) is 124 cm³/mol. The third kappa shape index (κ3) is 4.77. The zero-order valence-corrected chi connectivity index (χ0v) is 19.1. The van der Waals surface area contributed by atoms with E-state index in [1.165, 1.54) is 18.4 Å². The molecule has 5 heteroatoms. The van der Waals surface area contributed by atoms with E-state index >= 15 is 0 Å². The third-order valence-electron chi connectivity index (χ3n) is 7.39. The van der Waals surface area contributed by atoms with Crippen LogP contribution in [-0.2, 0) is 9.59 Å². The van der Waals surface area contributed by atoms with Gasteiger partial charge in [-0.1, -0.05) is 56.5 Å². The van der Waals surface area contributed by atoms with E-state index in [4.69, 9.17) is 0 Å². The number of nitrogens with one attached hydrogen (secondary N) is 2. The largest absolute Gasteiger partial charge is 0.353 e. The van der Waals surface area contributed by atoms with Gasteiger partial charge in [0.25, 0.3) is 5.91 Å². The summed E-state index contributed by atoms with van der Waals surface area (Å²) < 4.78 is 0. The Morgan fingerprint density at radius 3 is 2.67 bits per heavy atom. The molecule has 2 saturated carbocycles. The summed E-state index contributed by atoms with van der Waals surface area (Å²) in [4.78, 5) is 26.4. The van der Waals surface area contributed by atoms with Gasteiger partial charge in [0.1, 0.15) is 0 Å². The number of benzene rings is 1. The molecule has 0 radical (unpaired) electrons. The maximum atomic E-state index is 13.0. The fourth-order valence-corrected chi connectivity index (χ4v) is 6.42. The molecular formula is C25H34N2O2S. The second kappa shape index (κ2) is 9.17. The molecule has 1 heterocycles. The van der Waals surface area contributed by atoms with Crippen molar-refractivity contribution in [2.75, 3.05) is 0 Å². The second-order valence-corrected chi connectivity index (χ2v) is 10.8. The van der Waals surface area contributed by atoms with Crippen molar-refractivity contribution in [2.24, 2.45) is 17.8 Å². The highest BCUT2D eigenvalue weighted by atomic mass is 32.2. The number of carbonyl (C=O) groups excluding carboxylic acids is 2. The Bertz CT molecular complexity index is 819. The first-order chi connectivity index (χ1) is 14.4. The molecule has 0 spiro atoms. The van der Waals surface area contributed by atoms with Crippen LogP contribution in [0.15, 0.2) is 29.2 Å². The Labute approximate surface area is 184 Å². The molecule has 162 valence electrons. The van der Waals surface area contributed by atoms with Crippen molar-refractivity contribution in [2.45, 2.75) is 76.6 Å². The SMILES string of the molecule is Cc1ccc(/C=C2/SC3CCC(C(=O)NC4CCCC(C)C4C)CC3NC2=O)cc1. The summed E-state index contributed by atoms with van der Waals surface area (Å²) in [6.45, 7) is 6.63. The molecule has 3 fully saturated rings. The summed E-state index contributed by atoms with van der Waals surface area (Å²) in [6, 6.07) is 8.63. The van der Waals surface area contributed by atoms with E-state index in [0.29, 0.717) is 23.1 Å². The minimum Gasteiger partial charge on any atom is -0.353 e. The molecule has 1 saturated heterocycles. The van der Waals surface area contributed by atoms with Gasteiger partial charge in [0.05, 0.1) is 4.91 Å². The molecule has 2 amide bonds. The molecule has 3 aliphatic rings. The normalized spacial score (nSPS) is 35.4. The summed E-state index contributed by atoms with van der Waals surface area (Å²) in [7, 11) is 0. The van der Waals surface area contributed by atoms with Crippen LogP contribution in [0.25, 0.3) is 6.08 Å². The molecule has 0 bridgehead atoms. The van der Waals surface area contributed by atoms with E-state index < -0.39 is 0 Å². The fourth-order valence-electron chi connectivity index (χ4n) is 5.13. The van der Waals surface area contributed by atoms with Gasteiger partial charge in [-0.25, -0.2) is 0 Å². The number of aryl methyl sites for hydroxylation is 1. The Morgan fingerprint density at radius 2 is 1.90 bits per heavy atom. The lowest BCUT2D eigenvalue weighted by atomic mass is 9.77. The Morgan fingerprint density at radius 1 is 1.13 bits per heavy atom. The lowest BCUT2D eigenvalue weighted by Gasteiger charge is -2.40. The number of hydrogen-bond donors (Lipinski definition) is 2. The average molecular weight is 427 g/mol. The van der Waals surface area contributed by atoms with Crippen LogP contribution >= 0.6 is 11.8 Å². The van der Waals surface area contributed by atoms with E-state index in [1.807, 2.05) is 6.08 Å². The summed E-state index contributed by atoms with van der Waals surface area (Å²) in [5, 5.41) is 6.91. The highest BCUT2D eigenvalue weighted by Gasteiger charge is 2.40. The van der Waals surface area contributed by atoms with Crippen molar-refractivity contribution in [1.29, 1.82) is 0 Å². The number of hydrogen-bond acceptors (Lipinski definition) is 3. The van der Waals surface area contributed by atoms with Crippen molar-refractivity contribution >= 4 is 29.7 Å². The van der Waals surface area contributed by atoms with Gasteiger partial charge in [-0.2, -0.15) is 0 Å². The fraction of sp³-hybridized carbons (Fsp3) is 0.600. The molecule has 4 rings (SSSR count). The smallest absolute Gasteiger partial charge is 0.257 e. The highest BCUT2D eigenvalue weighted by Crippen LogP contribution is 2.40. The predicted octanol–water partition coefficient (Wildman–Crippen LogP) is 4.68. The van der Waals surface area contributed by atoms with Crippen LogP contribution in [-0.4, -0.2) is 29.1 Å². The third-order valence-corrected chi connectivity index (χ3v) is 8.81. The van der Waals surface area contributed by atoms with E-state index in [-0.39, 0.29) is 23.8 Å². The van der Waals surface area contributed by atoms with Gasteiger partial charge >= 0.3 is 0 Å².